The van der Waals surface area contributed by atoms with Crippen LogP contribution in [0.15, 0.2) is 30.9 Å². The first-order valence-corrected chi connectivity index (χ1v) is 8.79. The molecule has 0 bridgehead atoms. The second-order valence-corrected chi connectivity index (χ2v) is 6.93. The van der Waals surface area contributed by atoms with Gasteiger partial charge in [-0.1, -0.05) is 0 Å². The molecule has 0 aliphatic carbocycles. The van der Waals surface area contributed by atoms with Crippen molar-refractivity contribution >= 4 is 27.4 Å². The van der Waals surface area contributed by atoms with Crippen molar-refractivity contribution in [3.63, 3.8) is 0 Å². The number of benzene rings is 1. The lowest BCUT2D eigenvalue weighted by Crippen LogP contribution is -2.38. The molecule has 2 rings (SSSR count). The van der Waals surface area contributed by atoms with Crippen LogP contribution in [0.1, 0.15) is 6.92 Å². The zero-order valence-electron chi connectivity index (χ0n) is 13.0. The fourth-order valence-corrected chi connectivity index (χ4v) is 2.49. The highest BCUT2D eigenvalue weighted by Crippen LogP contribution is 2.20. The van der Waals surface area contributed by atoms with Crippen molar-refractivity contribution in [1.29, 1.82) is 0 Å². The third kappa shape index (κ3) is 5.50. The average molecular weight is 356 g/mol. The van der Waals surface area contributed by atoms with Crippen LogP contribution < -0.4 is 15.4 Å². The summed E-state index contributed by atoms with van der Waals surface area (Å²) in [5.41, 5.74) is -0.000954. The quantitative estimate of drug-likeness (QED) is 0.714. The van der Waals surface area contributed by atoms with Gasteiger partial charge in [0.25, 0.3) is 0 Å². The van der Waals surface area contributed by atoms with Gasteiger partial charge in [-0.25, -0.2) is 22.6 Å². The molecule has 130 valence electrons. The van der Waals surface area contributed by atoms with Crippen molar-refractivity contribution in [3.05, 3.63) is 36.7 Å². The summed E-state index contributed by atoms with van der Waals surface area (Å²) in [5.74, 6) is -0.687. The van der Waals surface area contributed by atoms with E-state index < -0.39 is 21.9 Å². The second-order valence-electron chi connectivity index (χ2n) is 5.19. The van der Waals surface area contributed by atoms with Crippen LogP contribution in [0.3, 0.4) is 0 Å². The summed E-state index contributed by atoms with van der Waals surface area (Å²) in [6, 6.07) is 2.59. The summed E-state index contributed by atoms with van der Waals surface area (Å²) in [4.78, 5) is 15.7. The van der Waals surface area contributed by atoms with Gasteiger partial charge in [-0.05, 0) is 25.1 Å². The van der Waals surface area contributed by atoms with E-state index in [2.05, 4.69) is 25.4 Å². The number of sulfonamides is 1. The van der Waals surface area contributed by atoms with Gasteiger partial charge in [-0.3, -0.25) is 9.40 Å². The molecule has 1 aromatic heterocycles. The molecule has 0 radical (unpaired) electrons. The number of amides is 2. The number of halogens is 1. The van der Waals surface area contributed by atoms with E-state index in [0.29, 0.717) is 6.54 Å². The molecule has 9 nitrogen and oxygen atoms in total. The van der Waals surface area contributed by atoms with E-state index in [0.717, 1.165) is 12.3 Å². The maximum atomic E-state index is 13.8. The number of urea groups is 1. The van der Waals surface area contributed by atoms with Crippen LogP contribution in [0, 0.1) is 5.82 Å². The molecule has 0 fully saturated rings. The molecule has 0 spiro atoms. The van der Waals surface area contributed by atoms with Gasteiger partial charge in [0.2, 0.25) is 10.0 Å². The second kappa shape index (κ2) is 7.25. The summed E-state index contributed by atoms with van der Waals surface area (Å²) >= 11 is 0. The van der Waals surface area contributed by atoms with Crippen LogP contribution >= 0.6 is 0 Å². The van der Waals surface area contributed by atoms with Crippen molar-refractivity contribution < 1.29 is 17.6 Å². The van der Waals surface area contributed by atoms with Gasteiger partial charge in [0.1, 0.15) is 18.5 Å². The predicted octanol–water partition coefficient (Wildman–Crippen LogP) is 0.999. The first-order chi connectivity index (χ1) is 11.2. The minimum Gasteiger partial charge on any atom is -0.334 e. The standard InChI is InChI=1S/C13H17FN6O3S/c1-9(6-20-8-15-7-16-20)17-13(21)18-12-5-10(3-4-11(12)14)19-24(2,22)23/h3-5,7-9,19H,6H2,1-2H3,(H2,17,18,21)/t9-/m1/s1. The molecule has 1 aromatic carbocycles. The molecular weight excluding hydrogens is 339 g/mol. The van der Waals surface area contributed by atoms with Crippen LogP contribution in [0.5, 0.6) is 0 Å². The molecular formula is C13H17FN6O3S. The highest BCUT2D eigenvalue weighted by atomic mass is 32.2. The van der Waals surface area contributed by atoms with E-state index in [1.54, 1.807) is 11.6 Å². The minimum atomic E-state index is -3.50. The van der Waals surface area contributed by atoms with E-state index >= 15 is 0 Å². The summed E-state index contributed by atoms with van der Waals surface area (Å²) in [5, 5.41) is 8.88. The summed E-state index contributed by atoms with van der Waals surface area (Å²) in [6.45, 7) is 2.14. The summed E-state index contributed by atoms with van der Waals surface area (Å²) in [7, 11) is -3.50. The Kier molecular flexibility index (Phi) is 5.34. The number of rotatable bonds is 6. The fourth-order valence-electron chi connectivity index (χ4n) is 1.93. The van der Waals surface area contributed by atoms with Crippen molar-refractivity contribution in [3.8, 4) is 0 Å². The van der Waals surface area contributed by atoms with Crippen molar-refractivity contribution in [2.75, 3.05) is 16.3 Å². The van der Waals surface area contributed by atoms with E-state index in [9.17, 15) is 17.6 Å². The number of carbonyl (C=O) groups is 1. The van der Waals surface area contributed by atoms with Gasteiger partial charge in [0.15, 0.2) is 0 Å². The Labute approximate surface area is 138 Å². The molecule has 1 heterocycles. The van der Waals surface area contributed by atoms with Crippen LogP contribution in [-0.2, 0) is 16.6 Å². The summed E-state index contributed by atoms with van der Waals surface area (Å²) in [6.07, 6.45) is 3.86. The third-order valence-electron chi connectivity index (χ3n) is 2.82. The first kappa shape index (κ1) is 17.7. The fraction of sp³-hybridized carbons (Fsp3) is 0.308. The topological polar surface area (TPSA) is 118 Å². The van der Waals surface area contributed by atoms with Gasteiger partial charge in [0, 0.05) is 6.04 Å². The average Bonchev–Trinajstić information content (AvgIpc) is 2.93. The maximum absolute atomic E-state index is 13.8. The molecule has 2 amide bonds. The molecule has 24 heavy (non-hydrogen) atoms. The molecule has 2 aromatic rings. The van der Waals surface area contributed by atoms with Crippen molar-refractivity contribution in [1.82, 2.24) is 20.1 Å². The molecule has 1 atom stereocenters. The van der Waals surface area contributed by atoms with Gasteiger partial charge in [-0.15, -0.1) is 0 Å². The Morgan fingerprint density at radius 1 is 1.42 bits per heavy atom. The van der Waals surface area contributed by atoms with E-state index in [1.165, 1.54) is 24.8 Å². The Bertz CT molecular complexity index is 809. The molecule has 0 saturated carbocycles. The number of carbonyl (C=O) groups excluding carboxylic acids is 1. The number of anilines is 2. The van der Waals surface area contributed by atoms with Gasteiger partial charge < -0.3 is 10.6 Å². The largest absolute Gasteiger partial charge is 0.334 e. The third-order valence-corrected chi connectivity index (χ3v) is 3.43. The maximum Gasteiger partial charge on any atom is 0.319 e. The lowest BCUT2D eigenvalue weighted by Gasteiger charge is -2.15. The van der Waals surface area contributed by atoms with Crippen molar-refractivity contribution in [2.45, 2.75) is 19.5 Å². The van der Waals surface area contributed by atoms with E-state index in [4.69, 9.17) is 0 Å². The Balaban J connectivity index is 1.98. The van der Waals surface area contributed by atoms with Crippen LogP contribution in [0.2, 0.25) is 0 Å². The number of hydrogen-bond acceptors (Lipinski definition) is 5. The van der Waals surface area contributed by atoms with E-state index in [1.807, 2.05) is 0 Å². The van der Waals surface area contributed by atoms with Gasteiger partial charge in [-0.2, -0.15) is 5.10 Å². The Morgan fingerprint density at radius 2 is 2.17 bits per heavy atom. The number of nitrogens with one attached hydrogen (secondary N) is 3. The molecule has 0 aliphatic heterocycles. The van der Waals surface area contributed by atoms with Crippen LogP contribution in [0.25, 0.3) is 0 Å². The molecule has 0 aliphatic rings. The van der Waals surface area contributed by atoms with Crippen LogP contribution in [0.4, 0.5) is 20.6 Å². The monoisotopic (exact) mass is 356 g/mol. The molecule has 3 N–H and O–H groups in total. The Morgan fingerprint density at radius 3 is 2.79 bits per heavy atom. The SMILES string of the molecule is C[C@H](Cn1cncn1)NC(=O)Nc1cc(NS(C)(=O)=O)ccc1F. The van der Waals surface area contributed by atoms with Crippen LogP contribution in [-0.4, -0.2) is 41.5 Å². The zero-order chi connectivity index (χ0) is 17.7. The number of nitrogens with zero attached hydrogens (tertiary/aromatic N) is 3. The highest BCUT2D eigenvalue weighted by molar-refractivity contribution is 7.92. The minimum absolute atomic E-state index is 0.143. The lowest BCUT2D eigenvalue weighted by atomic mass is 10.2. The number of hydrogen-bond donors (Lipinski definition) is 3. The molecule has 0 saturated heterocycles. The van der Waals surface area contributed by atoms with E-state index in [-0.39, 0.29) is 17.4 Å². The molecule has 11 heteroatoms. The predicted molar refractivity (Wildman–Crippen MR) is 86.5 cm³/mol. The van der Waals surface area contributed by atoms with Crippen molar-refractivity contribution in [2.24, 2.45) is 0 Å². The normalized spacial score (nSPS) is 12.5. The first-order valence-electron chi connectivity index (χ1n) is 6.90. The van der Waals surface area contributed by atoms with Gasteiger partial charge in [0.05, 0.1) is 24.2 Å². The number of aromatic nitrogens is 3. The zero-order valence-corrected chi connectivity index (χ0v) is 13.8. The Hall–Kier alpha value is -2.69. The molecule has 0 unspecified atom stereocenters. The lowest BCUT2D eigenvalue weighted by molar-refractivity contribution is 0.247. The summed E-state index contributed by atoms with van der Waals surface area (Å²) < 4.78 is 39.9. The van der Waals surface area contributed by atoms with Gasteiger partial charge >= 0.3 is 6.03 Å². The highest BCUT2D eigenvalue weighted by Gasteiger charge is 2.12. The smallest absolute Gasteiger partial charge is 0.319 e.